The Hall–Kier alpha value is -3.89. The molecule has 4 N–H and O–H groups in total. The van der Waals surface area contributed by atoms with Crippen LogP contribution in [0.2, 0.25) is 0 Å². The Morgan fingerprint density at radius 1 is 1.10 bits per heavy atom. The third-order valence-corrected chi connectivity index (χ3v) is 7.51. The molecule has 206 valence electrons. The number of primary amides is 1. The Morgan fingerprint density at radius 3 is 2.51 bits per heavy atom. The van der Waals surface area contributed by atoms with E-state index in [0.29, 0.717) is 35.6 Å². The van der Waals surface area contributed by atoms with Gasteiger partial charge in [-0.25, -0.2) is 4.99 Å². The predicted molar refractivity (Wildman–Crippen MR) is 140 cm³/mol. The van der Waals surface area contributed by atoms with Crippen molar-refractivity contribution < 1.29 is 27.6 Å². The minimum Gasteiger partial charge on any atom is -0.382 e. The highest BCUT2D eigenvalue weighted by molar-refractivity contribution is 6.22. The lowest BCUT2D eigenvalue weighted by atomic mass is 9.83. The molecule has 2 aromatic carbocycles. The van der Waals surface area contributed by atoms with Crippen molar-refractivity contribution in [1.29, 1.82) is 0 Å². The molecular formula is C28H30F3N5O3. The molecule has 1 saturated carbocycles. The van der Waals surface area contributed by atoms with Crippen LogP contribution in [0.25, 0.3) is 0 Å². The summed E-state index contributed by atoms with van der Waals surface area (Å²) in [7, 11) is 0. The first-order chi connectivity index (χ1) is 18.6. The lowest BCUT2D eigenvalue weighted by Crippen LogP contribution is -2.52. The van der Waals surface area contributed by atoms with Gasteiger partial charge in [-0.3, -0.25) is 14.4 Å². The fourth-order valence-corrected chi connectivity index (χ4v) is 5.39. The Balaban J connectivity index is 1.51. The zero-order valence-electron chi connectivity index (χ0n) is 21.2. The summed E-state index contributed by atoms with van der Waals surface area (Å²) in [6.45, 7) is 0.790. The second kappa shape index (κ2) is 10.7. The summed E-state index contributed by atoms with van der Waals surface area (Å²) in [6, 6.07) is 14.7. The third-order valence-electron chi connectivity index (χ3n) is 7.51. The van der Waals surface area contributed by atoms with E-state index in [0.717, 1.165) is 18.5 Å². The van der Waals surface area contributed by atoms with Gasteiger partial charge in [0, 0.05) is 42.5 Å². The molecule has 0 saturated heterocycles. The van der Waals surface area contributed by atoms with Crippen LogP contribution in [0.4, 0.5) is 24.5 Å². The van der Waals surface area contributed by atoms with Gasteiger partial charge >= 0.3 is 6.18 Å². The second-order valence-corrected chi connectivity index (χ2v) is 10.3. The van der Waals surface area contributed by atoms with Crippen LogP contribution in [0.5, 0.6) is 0 Å². The third kappa shape index (κ3) is 5.91. The fraction of sp³-hybridized carbons (Fsp3) is 0.429. The van der Waals surface area contributed by atoms with Crippen LogP contribution in [-0.2, 0) is 14.4 Å². The Bertz CT molecular complexity index is 1290. The number of halogens is 3. The second-order valence-electron chi connectivity index (χ2n) is 10.3. The smallest absolute Gasteiger partial charge is 0.382 e. The number of hydrogen-bond donors (Lipinski definition) is 3. The van der Waals surface area contributed by atoms with Crippen LogP contribution >= 0.6 is 0 Å². The van der Waals surface area contributed by atoms with E-state index in [1.807, 2.05) is 48.5 Å². The van der Waals surface area contributed by atoms with E-state index >= 15 is 0 Å². The number of para-hydroxylation sites is 1. The number of rotatable bonds is 9. The van der Waals surface area contributed by atoms with Crippen molar-refractivity contribution in [3.8, 4) is 0 Å². The first-order valence-corrected chi connectivity index (χ1v) is 13.1. The van der Waals surface area contributed by atoms with Crippen molar-refractivity contribution in [3.63, 3.8) is 0 Å². The molecule has 3 atom stereocenters. The molecule has 1 fully saturated rings. The monoisotopic (exact) mass is 541 g/mol. The molecule has 3 aliphatic rings. The van der Waals surface area contributed by atoms with Gasteiger partial charge in [-0.15, -0.1) is 0 Å². The molecule has 0 bridgehead atoms. The maximum absolute atomic E-state index is 13.8. The molecule has 2 heterocycles. The largest absolute Gasteiger partial charge is 0.389 e. The summed E-state index contributed by atoms with van der Waals surface area (Å²) in [5.74, 6) is -4.40. The highest BCUT2D eigenvalue weighted by Gasteiger charge is 2.42. The van der Waals surface area contributed by atoms with Crippen LogP contribution in [0.3, 0.4) is 0 Å². The highest BCUT2D eigenvalue weighted by atomic mass is 19.4. The van der Waals surface area contributed by atoms with Gasteiger partial charge in [0.2, 0.25) is 18.0 Å². The van der Waals surface area contributed by atoms with Gasteiger partial charge < -0.3 is 21.3 Å². The van der Waals surface area contributed by atoms with Crippen LogP contribution in [0.15, 0.2) is 53.5 Å². The number of amides is 3. The molecule has 3 amide bonds. The molecule has 5 rings (SSSR count). The maximum Gasteiger partial charge on any atom is 0.389 e. The normalized spacial score (nSPS) is 20.2. The zero-order valence-corrected chi connectivity index (χ0v) is 21.2. The quantitative estimate of drug-likeness (QED) is 0.450. The number of hydrogen-bond acceptors (Lipinski definition) is 5. The van der Waals surface area contributed by atoms with Crippen molar-refractivity contribution in [2.24, 2.45) is 28.5 Å². The van der Waals surface area contributed by atoms with E-state index in [1.54, 1.807) is 4.90 Å². The summed E-state index contributed by atoms with van der Waals surface area (Å²) >= 11 is 0. The lowest BCUT2D eigenvalue weighted by Gasteiger charge is -2.32. The molecule has 0 radical (unpaired) electrons. The number of alkyl halides is 3. The maximum atomic E-state index is 13.8. The van der Waals surface area contributed by atoms with Crippen molar-refractivity contribution in [2.75, 3.05) is 23.3 Å². The number of nitrogens with zero attached hydrogens (tertiary/aromatic N) is 2. The predicted octanol–water partition coefficient (Wildman–Crippen LogP) is 3.60. The van der Waals surface area contributed by atoms with E-state index in [4.69, 9.17) is 5.73 Å². The molecule has 8 nitrogen and oxygen atoms in total. The van der Waals surface area contributed by atoms with Gasteiger partial charge in [0.15, 0.2) is 0 Å². The number of nitrogens with one attached hydrogen (secondary N) is 2. The summed E-state index contributed by atoms with van der Waals surface area (Å²) in [6.07, 6.45) is -5.84. The molecule has 2 aliphatic heterocycles. The van der Waals surface area contributed by atoms with E-state index in [-0.39, 0.29) is 12.3 Å². The molecule has 39 heavy (non-hydrogen) atoms. The molecular weight excluding hydrogens is 511 g/mol. The van der Waals surface area contributed by atoms with Crippen LogP contribution in [0.1, 0.15) is 43.2 Å². The summed E-state index contributed by atoms with van der Waals surface area (Å²) < 4.78 is 39.6. The Labute approximate surface area is 223 Å². The van der Waals surface area contributed by atoms with E-state index in [9.17, 15) is 27.6 Å². The van der Waals surface area contributed by atoms with Crippen molar-refractivity contribution >= 4 is 34.8 Å². The highest BCUT2D eigenvalue weighted by Crippen LogP contribution is 2.40. The minimum absolute atomic E-state index is 0.152. The average molecular weight is 542 g/mol. The van der Waals surface area contributed by atoms with Crippen molar-refractivity contribution in [2.45, 2.75) is 44.4 Å². The Kier molecular flexibility index (Phi) is 7.33. The first kappa shape index (κ1) is 26.7. The molecule has 1 aliphatic carbocycles. The lowest BCUT2D eigenvalue weighted by molar-refractivity contribution is -0.146. The standard InChI is InChI=1S/C28H30F3N5O3/c29-28(30,31)12-11-18(20(24(32)37)15-16-9-10-16)26(38)35-25-27(39)36-14-13-33-21-8-4-7-19(23(21)36)22(34-25)17-5-2-1-3-6-17/h1-8,16,18,20,25,33H,9-15H2,(H2,32,37)(H,35,38)/t18-,20+,25-/m1/s1. The molecule has 2 aromatic rings. The average Bonchev–Trinajstić information content (AvgIpc) is 3.74. The summed E-state index contributed by atoms with van der Waals surface area (Å²) in [4.78, 5) is 45.9. The first-order valence-electron chi connectivity index (χ1n) is 13.1. The Morgan fingerprint density at radius 2 is 1.85 bits per heavy atom. The van der Waals surface area contributed by atoms with E-state index in [1.165, 1.54) is 0 Å². The van der Waals surface area contributed by atoms with Gasteiger partial charge in [0.05, 0.1) is 17.1 Å². The number of anilines is 2. The van der Waals surface area contributed by atoms with Crippen molar-refractivity contribution in [1.82, 2.24) is 5.32 Å². The zero-order chi connectivity index (χ0) is 27.7. The van der Waals surface area contributed by atoms with Crippen molar-refractivity contribution in [3.05, 3.63) is 59.7 Å². The summed E-state index contributed by atoms with van der Waals surface area (Å²) in [5.41, 5.74) is 8.83. The minimum atomic E-state index is -4.52. The summed E-state index contributed by atoms with van der Waals surface area (Å²) in [5, 5.41) is 5.89. The van der Waals surface area contributed by atoms with Gasteiger partial charge in [0.25, 0.3) is 5.91 Å². The number of aliphatic imine (C=N–C) groups is 1. The number of carbonyl (C=O) groups is 3. The van der Waals surface area contributed by atoms with Gasteiger partial charge in [-0.05, 0) is 24.8 Å². The molecule has 11 heteroatoms. The van der Waals surface area contributed by atoms with Crippen LogP contribution < -0.4 is 21.3 Å². The van der Waals surface area contributed by atoms with E-state index in [2.05, 4.69) is 15.6 Å². The SMILES string of the molecule is NC(=O)[C@@H](CC1CC1)[C@@H](CCC(F)(F)F)C(=O)N[C@H]1N=C(c2ccccc2)c2cccc3c2N(CCN3)C1=O. The van der Waals surface area contributed by atoms with E-state index < -0.39 is 54.7 Å². The molecule has 0 aromatic heterocycles. The van der Waals surface area contributed by atoms with Gasteiger partial charge in [-0.1, -0.05) is 55.3 Å². The van der Waals surface area contributed by atoms with Crippen LogP contribution in [0, 0.1) is 17.8 Å². The van der Waals surface area contributed by atoms with Gasteiger partial charge in [-0.2, -0.15) is 13.2 Å². The number of carbonyl (C=O) groups excluding carboxylic acids is 3. The molecule has 0 unspecified atom stereocenters. The number of benzene rings is 2. The van der Waals surface area contributed by atoms with Crippen LogP contribution in [-0.4, -0.2) is 48.9 Å². The molecule has 0 spiro atoms. The van der Waals surface area contributed by atoms with Gasteiger partial charge in [0.1, 0.15) is 0 Å². The fourth-order valence-electron chi connectivity index (χ4n) is 5.39. The topological polar surface area (TPSA) is 117 Å². The number of nitrogens with two attached hydrogens (primary N) is 1.